The highest BCUT2D eigenvalue weighted by atomic mass is 32.2. The average molecular weight is 488 g/mol. The van der Waals surface area contributed by atoms with E-state index in [9.17, 15) is 13.2 Å². The molecule has 1 fully saturated rings. The summed E-state index contributed by atoms with van der Waals surface area (Å²) in [5.41, 5.74) is 6.88. The van der Waals surface area contributed by atoms with Gasteiger partial charge in [-0.1, -0.05) is 24.3 Å². The van der Waals surface area contributed by atoms with Gasteiger partial charge >= 0.3 is 10.2 Å². The lowest BCUT2D eigenvalue weighted by Gasteiger charge is -2.33. The van der Waals surface area contributed by atoms with E-state index in [1.165, 1.54) is 21.8 Å². The van der Waals surface area contributed by atoms with Crippen molar-refractivity contribution in [2.24, 2.45) is 5.73 Å². The fourth-order valence-electron chi connectivity index (χ4n) is 4.36. The summed E-state index contributed by atoms with van der Waals surface area (Å²) < 4.78 is 29.2. The molecule has 12 heteroatoms. The number of carbonyl (C=O) groups is 1. The zero-order valence-electron chi connectivity index (χ0n) is 18.1. The number of amidine groups is 1. The van der Waals surface area contributed by atoms with Gasteiger partial charge in [-0.15, -0.1) is 11.3 Å². The first-order chi connectivity index (χ1) is 15.8. The van der Waals surface area contributed by atoms with Gasteiger partial charge in [0, 0.05) is 67.0 Å². The van der Waals surface area contributed by atoms with Crippen LogP contribution < -0.4 is 11.1 Å². The monoisotopic (exact) mass is 487 g/mol. The van der Waals surface area contributed by atoms with Crippen molar-refractivity contribution in [1.29, 1.82) is 5.41 Å². The smallest absolute Gasteiger partial charge is 0.308 e. The molecule has 33 heavy (non-hydrogen) atoms. The Morgan fingerprint density at radius 1 is 1.24 bits per heavy atom. The highest BCUT2D eigenvalue weighted by Gasteiger charge is 2.34. The van der Waals surface area contributed by atoms with Crippen LogP contribution in [0.1, 0.15) is 33.0 Å². The summed E-state index contributed by atoms with van der Waals surface area (Å²) in [5.74, 6) is -0.472. The summed E-state index contributed by atoms with van der Waals surface area (Å²) in [6.45, 7) is 3.67. The zero-order valence-corrected chi connectivity index (χ0v) is 19.7. The van der Waals surface area contributed by atoms with E-state index in [2.05, 4.69) is 17.2 Å². The average Bonchev–Trinajstić information content (AvgIpc) is 3.40. The van der Waals surface area contributed by atoms with Crippen LogP contribution in [0.25, 0.3) is 10.8 Å². The van der Waals surface area contributed by atoms with Gasteiger partial charge in [-0.25, -0.2) is 8.96 Å². The van der Waals surface area contributed by atoms with Crippen LogP contribution in [0.15, 0.2) is 30.5 Å². The van der Waals surface area contributed by atoms with Crippen molar-refractivity contribution in [2.75, 3.05) is 26.2 Å². The summed E-state index contributed by atoms with van der Waals surface area (Å²) in [4.78, 5) is 20.3. The van der Waals surface area contributed by atoms with Gasteiger partial charge in [0.25, 0.3) is 5.91 Å². The molecular formula is C21H25N7O3S2. The number of carbonyl (C=O) groups excluding carboxylic acids is 1. The lowest BCUT2D eigenvalue weighted by Crippen LogP contribution is -2.52. The minimum atomic E-state index is -3.95. The molecule has 5 rings (SSSR count). The molecule has 1 saturated heterocycles. The Balaban J connectivity index is 1.34. The topological polar surface area (TPSA) is 137 Å². The number of amides is 1. The molecule has 10 nitrogen and oxygen atoms in total. The summed E-state index contributed by atoms with van der Waals surface area (Å²) in [6, 6.07) is 7.46. The number of nitrogen functional groups attached to an aromatic ring is 1. The SMILES string of the molecule is CC1Cc2nc(C(=O)N3CCN(S(=O)(=O)n4cc5ccccc5c4C(=N)N)CC3)sc2CN1. The number of nitrogens with zero attached hydrogens (tertiary/aromatic N) is 4. The highest BCUT2D eigenvalue weighted by Crippen LogP contribution is 2.26. The maximum Gasteiger partial charge on any atom is 0.308 e. The molecule has 0 spiro atoms. The Kier molecular flexibility index (Phi) is 5.47. The van der Waals surface area contributed by atoms with E-state index < -0.39 is 10.2 Å². The van der Waals surface area contributed by atoms with Crippen LogP contribution in [-0.2, 0) is 23.2 Å². The van der Waals surface area contributed by atoms with Gasteiger partial charge in [-0.05, 0) is 6.92 Å². The third-order valence-corrected chi connectivity index (χ3v) is 9.01. The molecule has 1 atom stereocenters. The fourth-order valence-corrected chi connectivity index (χ4v) is 6.92. The molecule has 1 unspecified atom stereocenters. The summed E-state index contributed by atoms with van der Waals surface area (Å²) >= 11 is 1.41. The van der Waals surface area contributed by atoms with Crippen LogP contribution in [0, 0.1) is 5.41 Å². The molecule has 174 valence electrons. The van der Waals surface area contributed by atoms with E-state index >= 15 is 0 Å². The minimum Gasteiger partial charge on any atom is -0.382 e. The van der Waals surface area contributed by atoms with E-state index in [0.29, 0.717) is 21.8 Å². The van der Waals surface area contributed by atoms with Crippen molar-refractivity contribution in [3.8, 4) is 0 Å². The Labute approximate surface area is 195 Å². The first-order valence-electron chi connectivity index (χ1n) is 10.7. The number of benzene rings is 1. The Hall–Kier alpha value is -2.80. The Bertz CT molecular complexity index is 1350. The first kappa shape index (κ1) is 22.0. The van der Waals surface area contributed by atoms with Crippen LogP contribution in [0.2, 0.25) is 0 Å². The van der Waals surface area contributed by atoms with Crippen LogP contribution in [-0.4, -0.2) is 70.5 Å². The van der Waals surface area contributed by atoms with Crippen molar-refractivity contribution >= 4 is 44.1 Å². The zero-order chi connectivity index (χ0) is 23.3. The molecule has 2 aliphatic heterocycles. The molecule has 0 saturated carbocycles. The number of aromatic nitrogens is 2. The van der Waals surface area contributed by atoms with Crippen LogP contribution >= 0.6 is 11.3 Å². The van der Waals surface area contributed by atoms with Gasteiger partial charge in [0.2, 0.25) is 0 Å². The lowest BCUT2D eigenvalue weighted by molar-refractivity contribution is 0.0696. The quantitative estimate of drug-likeness (QED) is 0.370. The first-order valence-corrected chi connectivity index (χ1v) is 12.9. The van der Waals surface area contributed by atoms with Gasteiger partial charge < -0.3 is 16.0 Å². The third-order valence-electron chi connectivity index (χ3n) is 6.12. The van der Waals surface area contributed by atoms with E-state index in [1.54, 1.807) is 29.2 Å². The maximum atomic E-state index is 13.4. The number of nitrogens with one attached hydrogen (secondary N) is 2. The van der Waals surface area contributed by atoms with Crippen molar-refractivity contribution in [2.45, 2.75) is 25.9 Å². The van der Waals surface area contributed by atoms with Crippen LogP contribution in [0.4, 0.5) is 0 Å². The van der Waals surface area contributed by atoms with Crippen LogP contribution in [0.5, 0.6) is 0 Å². The molecule has 3 aromatic rings. The molecule has 2 aliphatic rings. The molecule has 2 aromatic heterocycles. The summed E-state index contributed by atoms with van der Waals surface area (Å²) in [7, 11) is -3.95. The second-order valence-electron chi connectivity index (χ2n) is 8.35. The van der Waals surface area contributed by atoms with Gasteiger partial charge in [0.05, 0.1) is 5.69 Å². The Morgan fingerprint density at radius 3 is 2.70 bits per heavy atom. The van der Waals surface area contributed by atoms with Gasteiger partial charge in [0.15, 0.2) is 5.01 Å². The van der Waals surface area contributed by atoms with E-state index in [0.717, 1.165) is 27.5 Å². The standard InChI is InChI=1S/C21H25N7O3S2/c1-13-10-16-17(11-24-13)32-20(25-16)21(29)26-6-8-27(9-7-26)33(30,31)28-12-14-4-2-3-5-15(14)18(28)19(22)23/h2-5,12-13,24H,6-11H2,1H3,(H3,22,23). The number of hydrogen-bond acceptors (Lipinski definition) is 7. The number of hydrogen-bond donors (Lipinski definition) is 3. The third kappa shape index (κ3) is 3.82. The van der Waals surface area contributed by atoms with Crippen molar-refractivity contribution in [3.63, 3.8) is 0 Å². The molecule has 0 radical (unpaired) electrons. The van der Waals surface area contributed by atoms with Crippen molar-refractivity contribution < 1.29 is 13.2 Å². The predicted molar refractivity (Wildman–Crippen MR) is 127 cm³/mol. The maximum absolute atomic E-state index is 13.4. The number of nitrogens with two attached hydrogens (primary N) is 1. The van der Waals surface area contributed by atoms with Crippen LogP contribution in [0.3, 0.4) is 0 Å². The lowest BCUT2D eigenvalue weighted by atomic mass is 10.1. The summed E-state index contributed by atoms with van der Waals surface area (Å²) in [6.07, 6.45) is 2.29. The summed E-state index contributed by atoms with van der Waals surface area (Å²) in [5, 5.41) is 13.1. The molecule has 0 aliphatic carbocycles. The second-order valence-corrected chi connectivity index (χ2v) is 11.2. The van der Waals surface area contributed by atoms with Crippen molar-refractivity contribution in [3.05, 3.63) is 51.7 Å². The highest BCUT2D eigenvalue weighted by molar-refractivity contribution is 7.87. The predicted octanol–water partition coefficient (Wildman–Crippen LogP) is 0.967. The van der Waals surface area contributed by atoms with Crippen molar-refractivity contribution in [1.82, 2.24) is 23.5 Å². The second kappa shape index (κ2) is 8.20. The number of piperazine rings is 1. The van der Waals surface area contributed by atoms with E-state index in [4.69, 9.17) is 11.1 Å². The molecule has 1 amide bonds. The van der Waals surface area contributed by atoms with Gasteiger partial charge in [0.1, 0.15) is 11.5 Å². The molecule has 4 heterocycles. The largest absolute Gasteiger partial charge is 0.382 e. The number of fused-ring (bicyclic) bond motifs is 2. The molecule has 4 N–H and O–H groups in total. The molecular weight excluding hydrogens is 462 g/mol. The minimum absolute atomic E-state index is 0.153. The van der Waals surface area contributed by atoms with E-state index in [1.807, 2.05) is 0 Å². The fraction of sp³-hybridized carbons (Fsp3) is 0.381. The molecule has 1 aromatic carbocycles. The Morgan fingerprint density at radius 2 is 1.97 bits per heavy atom. The molecule has 0 bridgehead atoms. The van der Waals surface area contributed by atoms with E-state index in [-0.39, 0.29) is 43.6 Å². The normalized spacial score (nSPS) is 19.5. The van der Waals surface area contributed by atoms with Gasteiger partial charge in [-0.3, -0.25) is 10.2 Å². The number of thiazole rings is 1. The number of rotatable bonds is 4. The van der Waals surface area contributed by atoms with Gasteiger partial charge in [-0.2, -0.15) is 12.7 Å².